The van der Waals surface area contributed by atoms with Gasteiger partial charge in [0, 0.05) is 0 Å². The first-order chi connectivity index (χ1) is 14.9. The molecule has 2 aromatic heterocycles. The minimum Gasteiger partial charge on any atom is -0.301 e. The van der Waals surface area contributed by atoms with Gasteiger partial charge >= 0.3 is 0 Å². The van der Waals surface area contributed by atoms with E-state index in [0.717, 1.165) is 10.2 Å². The minimum absolute atomic E-state index is 0.000592. The van der Waals surface area contributed by atoms with E-state index in [-0.39, 0.29) is 18.9 Å². The molecule has 11 heteroatoms. The minimum atomic E-state index is -0.803. The summed E-state index contributed by atoms with van der Waals surface area (Å²) in [6.07, 6.45) is 4.73. The lowest BCUT2D eigenvalue weighted by atomic mass is 9.95. The first-order valence-corrected chi connectivity index (χ1v) is 10.9. The van der Waals surface area contributed by atoms with Crippen LogP contribution in [0.25, 0.3) is 10.2 Å². The zero-order valence-corrected chi connectivity index (χ0v) is 18.1. The molecule has 1 aromatic carbocycles. The number of amides is 1. The maximum atomic E-state index is 12.6. The number of ketones is 2. The lowest BCUT2D eigenvalue weighted by Crippen LogP contribution is -2.26. The molecular formula is C20H13Cl2N5O3S. The Kier molecular flexibility index (Phi) is 4.96. The molecule has 1 aliphatic carbocycles. The average molecular weight is 474 g/mol. The summed E-state index contributed by atoms with van der Waals surface area (Å²) in [7, 11) is 0. The number of Topliss-reactive ketones (excluding diaryl/α,β-unsaturated/α-hetero) is 2. The Morgan fingerprint density at radius 3 is 2.84 bits per heavy atom. The van der Waals surface area contributed by atoms with Crippen molar-refractivity contribution in [3.63, 3.8) is 0 Å². The van der Waals surface area contributed by atoms with Gasteiger partial charge in [0.1, 0.15) is 12.2 Å². The molecule has 0 saturated carbocycles. The standard InChI is InChI=1S/C20H13Cl2N5O3S/c21-11-5-6-12(22)17-16(11)18(29)20(30)27(17)8-10-7-26(25-24-10)9-14(28)19-23-13-3-1-2-4-15(13)31-19/h1-7,11,16H,8-9H2. The predicted molar refractivity (Wildman–Crippen MR) is 115 cm³/mol. The lowest BCUT2D eigenvalue weighted by Gasteiger charge is -2.23. The maximum Gasteiger partial charge on any atom is 0.295 e. The van der Waals surface area contributed by atoms with Crippen LogP contribution in [0, 0.1) is 5.92 Å². The van der Waals surface area contributed by atoms with Crippen LogP contribution in [0.3, 0.4) is 0 Å². The quantitative estimate of drug-likeness (QED) is 0.321. The van der Waals surface area contributed by atoms with Crippen molar-refractivity contribution in [2.24, 2.45) is 5.92 Å². The van der Waals surface area contributed by atoms with Crippen molar-refractivity contribution in [3.8, 4) is 0 Å². The highest BCUT2D eigenvalue weighted by molar-refractivity contribution is 7.20. The number of halogens is 2. The van der Waals surface area contributed by atoms with E-state index in [2.05, 4.69) is 15.3 Å². The van der Waals surface area contributed by atoms with Crippen LogP contribution in [-0.2, 0) is 22.7 Å². The van der Waals surface area contributed by atoms with Gasteiger partial charge in [0.15, 0.2) is 5.01 Å². The van der Waals surface area contributed by atoms with Gasteiger partial charge in [-0.25, -0.2) is 9.67 Å². The molecular weight excluding hydrogens is 461 g/mol. The number of hydrogen-bond donors (Lipinski definition) is 0. The van der Waals surface area contributed by atoms with Crippen LogP contribution in [0.2, 0.25) is 0 Å². The van der Waals surface area contributed by atoms with Crippen LogP contribution in [0.15, 0.2) is 53.3 Å². The molecule has 0 bridgehead atoms. The zero-order chi connectivity index (χ0) is 21.7. The molecule has 3 heterocycles. The van der Waals surface area contributed by atoms with Gasteiger partial charge in [-0.15, -0.1) is 28.0 Å². The number of thiazole rings is 1. The third-order valence-electron chi connectivity index (χ3n) is 5.06. The molecule has 2 aliphatic rings. The highest BCUT2D eigenvalue weighted by atomic mass is 35.5. The van der Waals surface area contributed by atoms with Crippen LogP contribution in [0.4, 0.5) is 0 Å². The number of fused-ring (bicyclic) bond motifs is 2. The largest absolute Gasteiger partial charge is 0.301 e. The number of allylic oxidation sites excluding steroid dienone is 4. The van der Waals surface area contributed by atoms with Gasteiger partial charge in [-0.1, -0.05) is 35.0 Å². The molecule has 8 nitrogen and oxygen atoms in total. The number of aromatic nitrogens is 4. The van der Waals surface area contributed by atoms with Crippen LogP contribution >= 0.6 is 34.5 Å². The highest BCUT2D eigenvalue weighted by Gasteiger charge is 2.48. The number of likely N-dealkylation sites (tertiary alicyclic amines) is 1. The number of carbonyl (C=O) groups is 3. The van der Waals surface area contributed by atoms with Crippen LogP contribution < -0.4 is 0 Å². The summed E-state index contributed by atoms with van der Waals surface area (Å²) in [5.41, 5.74) is 1.56. The monoisotopic (exact) mass is 473 g/mol. The second-order valence-electron chi connectivity index (χ2n) is 7.09. The smallest absolute Gasteiger partial charge is 0.295 e. The highest BCUT2D eigenvalue weighted by Crippen LogP contribution is 2.39. The van der Waals surface area contributed by atoms with E-state index in [1.54, 1.807) is 18.3 Å². The van der Waals surface area contributed by atoms with Crippen molar-refractivity contribution in [2.75, 3.05) is 0 Å². The summed E-state index contributed by atoms with van der Waals surface area (Å²) in [5.74, 6) is -2.29. The topological polar surface area (TPSA) is 98.1 Å². The van der Waals surface area contributed by atoms with Gasteiger partial charge in [-0.2, -0.15) is 0 Å². The molecule has 1 aliphatic heterocycles. The molecule has 1 saturated heterocycles. The van der Waals surface area contributed by atoms with E-state index in [4.69, 9.17) is 23.2 Å². The van der Waals surface area contributed by atoms with Crippen LogP contribution in [0.5, 0.6) is 0 Å². The summed E-state index contributed by atoms with van der Waals surface area (Å²) in [6, 6.07) is 7.52. The third-order valence-corrected chi connectivity index (χ3v) is 6.85. The van der Waals surface area contributed by atoms with Crippen molar-refractivity contribution >= 4 is 62.2 Å². The summed E-state index contributed by atoms with van der Waals surface area (Å²) < 4.78 is 2.31. The molecule has 0 radical (unpaired) electrons. The number of rotatable bonds is 5. The number of alkyl halides is 1. The number of hydrogen-bond acceptors (Lipinski definition) is 7. The van der Waals surface area contributed by atoms with Crippen molar-refractivity contribution < 1.29 is 14.4 Å². The van der Waals surface area contributed by atoms with Gasteiger partial charge in [0.2, 0.25) is 11.6 Å². The third kappa shape index (κ3) is 3.48. The van der Waals surface area contributed by atoms with E-state index >= 15 is 0 Å². The molecule has 0 spiro atoms. The Balaban J connectivity index is 1.34. The Bertz CT molecular complexity index is 1280. The second-order valence-corrected chi connectivity index (χ2v) is 9.03. The zero-order valence-electron chi connectivity index (χ0n) is 15.7. The second kappa shape index (κ2) is 7.67. The Labute approximate surface area is 189 Å². The van der Waals surface area contributed by atoms with Crippen LogP contribution in [0.1, 0.15) is 15.5 Å². The molecule has 1 amide bonds. The molecule has 2 atom stereocenters. The fourth-order valence-electron chi connectivity index (χ4n) is 3.63. The fraction of sp³-hybridized carbons (Fsp3) is 0.200. The van der Waals surface area contributed by atoms with E-state index < -0.39 is 23.0 Å². The molecule has 1 fully saturated rings. The molecule has 5 rings (SSSR count). The normalized spacial score (nSPS) is 20.8. The molecule has 2 unspecified atom stereocenters. The SMILES string of the molecule is O=C(Cn1cc(CN2C(=O)C(=O)C3C2=C(Cl)C=CC3Cl)nn1)c1nc2ccccc2s1. The number of benzene rings is 1. The predicted octanol–water partition coefficient (Wildman–Crippen LogP) is 2.93. The molecule has 156 valence electrons. The summed E-state index contributed by atoms with van der Waals surface area (Å²) in [6.45, 7) is -0.0440. The number of para-hydroxylation sites is 1. The number of nitrogens with zero attached hydrogens (tertiary/aromatic N) is 5. The Hall–Kier alpha value is -2.88. The maximum absolute atomic E-state index is 12.6. The van der Waals surface area contributed by atoms with E-state index in [1.807, 2.05) is 24.3 Å². The lowest BCUT2D eigenvalue weighted by molar-refractivity contribution is -0.140. The Morgan fingerprint density at radius 2 is 2.03 bits per heavy atom. The van der Waals surface area contributed by atoms with Gasteiger partial charge < -0.3 is 4.90 Å². The van der Waals surface area contributed by atoms with E-state index in [1.165, 1.54) is 20.9 Å². The molecule has 31 heavy (non-hydrogen) atoms. The Morgan fingerprint density at radius 1 is 1.23 bits per heavy atom. The van der Waals surface area contributed by atoms with Crippen molar-refractivity contribution in [2.45, 2.75) is 18.5 Å². The van der Waals surface area contributed by atoms with Crippen LogP contribution in [-0.4, -0.2) is 47.7 Å². The molecule has 0 N–H and O–H groups in total. The molecule has 3 aromatic rings. The van der Waals surface area contributed by atoms with Gasteiger partial charge in [-0.3, -0.25) is 14.4 Å². The number of carbonyl (C=O) groups excluding carboxylic acids is 3. The summed E-state index contributed by atoms with van der Waals surface area (Å²) in [5, 5.41) is 8.05. The van der Waals surface area contributed by atoms with Crippen molar-refractivity contribution in [1.82, 2.24) is 24.9 Å². The summed E-state index contributed by atoms with van der Waals surface area (Å²) in [4.78, 5) is 43.1. The average Bonchev–Trinajstić information content (AvgIpc) is 3.44. The first kappa shape index (κ1) is 20.0. The van der Waals surface area contributed by atoms with E-state index in [0.29, 0.717) is 21.4 Å². The van der Waals surface area contributed by atoms with Gasteiger partial charge in [0.05, 0.1) is 45.0 Å². The van der Waals surface area contributed by atoms with Gasteiger partial charge in [-0.05, 0) is 18.2 Å². The fourth-order valence-corrected chi connectivity index (χ4v) is 5.12. The summed E-state index contributed by atoms with van der Waals surface area (Å²) >= 11 is 13.8. The van der Waals surface area contributed by atoms with Gasteiger partial charge in [0.25, 0.3) is 5.91 Å². The van der Waals surface area contributed by atoms with Crippen molar-refractivity contribution in [1.29, 1.82) is 0 Å². The van der Waals surface area contributed by atoms with E-state index in [9.17, 15) is 14.4 Å². The first-order valence-electron chi connectivity index (χ1n) is 9.28. The van der Waals surface area contributed by atoms with Crippen molar-refractivity contribution in [3.05, 3.63) is 64.0 Å².